The lowest BCUT2D eigenvalue weighted by molar-refractivity contribution is -0.161. The molecule has 0 aliphatic rings. The Labute approximate surface area is 486 Å². The first-order chi connectivity index (χ1) is 38.6. The molecule has 80 heavy (non-hydrogen) atoms. The molecule has 0 rings (SSSR count). The SMILES string of the molecule is CCCCCCCCCCCCC(=O)OC[C@H](COP(=O)(O)OC[C@H](O)COP(=O)(O)OC[C@@H](COC(=O)CCCCCCCCCCCC)OC(=O)CCCCCCCCC(C)CC)OC(=O)CCCCCCCCCCCC. The molecule has 0 fully saturated rings. The number of rotatable bonds is 61. The molecule has 0 heterocycles. The van der Waals surface area contributed by atoms with Crippen LogP contribution in [-0.4, -0.2) is 96.7 Å². The Balaban J connectivity index is 5.24. The van der Waals surface area contributed by atoms with Crippen LogP contribution in [0.25, 0.3) is 0 Å². The number of aliphatic hydroxyl groups excluding tert-OH is 1. The maximum absolute atomic E-state index is 12.9. The zero-order valence-electron chi connectivity index (χ0n) is 51.2. The summed E-state index contributed by atoms with van der Waals surface area (Å²) in [7, 11) is -9.88. The Morgan fingerprint density at radius 2 is 0.600 bits per heavy atom. The molecule has 0 aromatic heterocycles. The summed E-state index contributed by atoms with van der Waals surface area (Å²) in [4.78, 5) is 72.0. The van der Waals surface area contributed by atoms with Gasteiger partial charge in [-0.1, -0.05) is 253 Å². The third-order valence-corrected chi connectivity index (χ3v) is 16.3. The van der Waals surface area contributed by atoms with Gasteiger partial charge in [-0.3, -0.25) is 37.3 Å². The third-order valence-electron chi connectivity index (χ3n) is 14.4. The molecule has 6 atom stereocenters. The summed E-state index contributed by atoms with van der Waals surface area (Å²) in [6.07, 6.45) is 37.5. The lowest BCUT2D eigenvalue weighted by atomic mass is 10.00. The van der Waals surface area contributed by atoms with E-state index in [0.29, 0.717) is 25.7 Å². The van der Waals surface area contributed by atoms with Gasteiger partial charge in [0.15, 0.2) is 12.2 Å². The van der Waals surface area contributed by atoms with Gasteiger partial charge in [-0.25, -0.2) is 9.13 Å². The number of carbonyl (C=O) groups excluding carboxylic acids is 4. The Morgan fingerprint density at radius 1 is 0.350 bits per heavy atom. The molecule has 17 nitrogen and oxygen atoms in total. The monoisotopic (exact) mass is 1180 g/mol. The summed E-state index contributed by atoms with van der Waals surface area (Å²) in [5.74, 6) is -1.42. The van der Waals surface area contributed by atoms with Crippen molar-refractivity contribution in [2.45, 2.75) is 323 Å². The van der Waals surface area contributed by atoms with Gasteiger partial charge in [0, 0.05) is 25.7 Å². The summed E-state index contributed by atoms with van der Waals surface area (Å²) < 4.78 is 67.8. The number of carbonyl (C=O) groups is 4. The average molecular weight is 1190 g/mol. The van der Waals surface area contributed by atoms with Crippen molar-refractivity contribution in [2.75, 3.05) is 39.6 Å². The Morgan fingerprint density at radius 3 is 0.887 bits per heavy atom. The molecule has 0 aliphatic heterocycles. The summed E-state index contributed by atoms with van der Waals surface area (Å²) in [6.45, 7) is 7.10. The van der Waals surface area contributed by atoms with Gasteiger partial charge in [-0.2, -0.15) is 0 Å². The number of phosphoric ester groups is 2. The number of unbranched alkanes of at least 4 members (excludes halogenated alkanes) is 32. The van der Waals surface area contributed by atoms with E-state index in [1.165, 1.54) is 128 Å². The predicted octanol–water partition coefficient (Wildman–Crippen LogP) is 16.6. The van der Waals surface area contributed by atoms with E-state index in [9.17, 15) is 43.2 Å². The van der Waals surface area contributed by atoms with E-state index in [1.54, 1.807) is 0 Å². The minimum atomic E-state index is -4.94. The van der Waals surface area contributed by atoms with Gasteiger partial charge < -0.3 is 33.8 Å². The quantitative estimate of drug-likeness (QED) is 0.0222. The fourth-order valence-electron chi connectivity index (χ4n) is 9.02. The molecule has 0 aromatic rings. The van der Waals surface area contributed by atoms with Gasteiger partial charge >= 0.3 is 39.5 Å². The Bertz CT molecular complexity index is 1570. The van der Waals surface area contributed by atoms with Crippen LogP contribution in [0.2, 0.25) is 0 Å². The molecule has 0 bridgehead atoms. The average Bonchev–Trinajstić information content (AvgIpc) is 3.43. The molecule has 19 heteroatoms. The summed E-state index contributed by atoms with van der Waals surface area (Å²) in [6, 6.07) is 0. The van der Waals surface area contributed by atoms with Crippen LogP contribution < -0.4 is 0 Å². The zero-order chi connectivity index (χ0) is 59.2. The van der Waals surface area contributed by atoms with Gasteiger partial charge in [0.05, 0.1) is 26.4 Å². The molecular weight excluding hydrogens is 1070 g/mol. The maximum atomic E-state index is 12.9. The minimum Gasteiger partial charge on any atom is -0.462 e. The van der Waals surface area contributed by atoms with E-state index in [-0.39, 0.29) is 25.7 Å². The van der Waals surface area contributed by atoms with Crippen molar-refractivity contribution < 1.29 is 80.2 Å². The highest BCUT2D eigenvalue weighted by molar-refractivity contribution is 7.47. The first kappa shape index (κ1) is 78.1. The van der Waals surface area contributed by atoms with Crippen molar-refractivity contribution in [3.63, 3.8) is 0 Å². The van der Waals surface area contributed by atoms with Crippen molar-refractivity contribution >= 4 is 39.5 Å². The largest absolute Gasteiger partial charge is 0.472 e. The second kappa shape index (κ2) is 55.0. The normalized spacial score (nSPS) is 14.7. The number of esters is 4. The van der Waals surface area contributed by atoms with E-state index in [1.807, 2.05) is 0 Å². The minimum absolute atomic E-state index is 0.103. The second-order valence-corrected chi connectivity index (χ2v) is 25.2. The molecule has 3 N–H and O–H groups in total. The summed E-state index contributed by atoms with van der Waals surface area (Å²) in [5.41, 5.74) is 0. The lowest BCUT2D eigenvalue weighted by Gasteiger charge is -2.21. The third kappa shape index (κ3) is 54.0. The Hall–Kier alpha value is -1.94. The highest BCUT2D eigenvalue weighted by atomic mass is 31.2. The topological polar surface area (TPSA) is 237 Å². The molecule has 0 aromatic carbocycles. The fourth-order valence-corrected chi connectivity index (χ4v) is 10.6. The predicted molar refractivity (Wildman–Crippen MR) is 317 cm³/mol. The highest BCUT2D eigenvalue weighted by Crippen LogP contribution is 2.45. The first-order valence-corrected chi connectivity index (χ1v) is 35.2. The van der Waals surface area contributed by atoms with E-state index in [4.69, 9.17) is 37.0 Å². The molecule has 0 spiro atoms. The van der Waals surface area contributed by atoms with E-state index >= 15 is 0 Å². The van der Waals surface area contributed by atoms with Crippen LogP contribution in [0.5, 0.6) is 0 Å². The van der Waals surface area contributed by atoms with Crippen molar-refractivity contribution in [3.8, 4) is 0 Å². The van der Waals surface area contributed by atoms with Crippen molar-refractivity contribution in [1.29, 1.82) is 0 Å². The van der Waals surface area contributed by atoms with E-state index < -0.39 is 97.5 Å². The Kier molecular flexibility index (Phi) is 53.6. The molecule has 0 saturated heterocycles. The molecular formula is C61H118O17P2. The van der Waals surface area contributed by atoms with Crippen LogP contribution in [0.15, 0.2) is 0 Å². The molecule has 0 radical (unpaired) electrons. The summed E-state index contributed by atoms with van der Waals surface area (Å²) >= 11 is 0. The number of hydrogen-bond donors (Lipinski definition) is 3. The van der Waals surface area contributed by atoms with E-state index in [0.717, 1.165) is 95.8 Å². The zero-order valence-corrected chi connectivity index (χ0v) is 53.0. The fraction of sp³-hybridized carbons (Fsp3) is 0.934. The molecule has 0 saturated carbocycles. The molecule has 0 amide bonds. The standard InChI is InChI=1S/C61H118O17P2/c1-6-10-13-16-19-22-25-28-34-39-44-58(63)71-50-56(77-60(65)46-41-36-30-27-24-21-18-15-12-8-3)52-75-79(67,68)73-48-55(62)49-74-80(69,70)76-53-57(78-61(66)47-42-37-32-31-33-38-43-54(5)9-4)51-72-59(64)45-40-35-29-26-23-20-17-14-11-7-2/h54-57,62H,6-53H2,1-5H3,(H,67,68)(H,69,70)/t54?,55-,56+,57+/m0/s1. The first-order valence-electron chi connectivity index (χ1n) is 32.2. The maximum Gasteiger partial charge on any atom is 0.472 e. The van der Waals surface area contributed by atoms with Crippen molar-refractivity contribution in [1.82, 2.24) is 0 Å². The van der Waals surface area contributed by atoms with Gasteiger partial charge in [0.25, 0.3) is 0 Å². The highest BCUT2D eigenvalue weighted by Gasteiger charge is 2.30. The van der Waals surface area contributed by atoms with Gasteiger partial charge in [-0.15, -0.1) is 0 Å². The van der Waals surface area contributed by atoms with Gasteiger partial charge in [0.2, 0.25) is 0 Å². The van der Waals surface area contributed by atoms with Crippen LogP contribution in [-0.2, 0) is 65.4 Å². The second-order valence-electron chi connectivity index (χ2n) is 22.3. The van der Waals surface area contributed by atoms with Crippen LogP contribution in [0.4, 0.5) is 0 Å². The molecule has 3 unspecified atom stereocenters. The van der Waals surface area contributed by atoms with Gasteiger partial charge in [-0.05, 0) is 31.6 Å². The smallest absolute Gasteiger partial charge is 0.462 e. The van der Waals surface area contributed by atoms with Crippen LogP contribution in [0.3, 0.4) is 0 Å². The number of aliphatic hydroxyl groups is 1. The molecule has 474 valence electrons. The van der Waals surface area contributed by atoms with Crippen LogP contribution >= 0.6 is 15.6 Å². The lowest BCUT2D eigenvalue weighted by Crippen LogP contribution is -2.30. The number of hydrogen-bond acceptors (Lipinski definition) is 15. The van der Waals surface area contributed by atoms with Crippen molar-refractivity contribution in [3.05, 3.63) is 0 Å². The van der Waals surface area contributed by atoms with Gasteiger partial charge in [0.1, 0.15) is 19.3 Å². The molecule has 0 aliphatic carbocycles. The number of ether oxygens (including phenoxy) is 4. The summed E-state index contributed by atoms with van der Waals surface area (Å²) in [5, 5.41) is 10.5. The van der Waals surface area contributed by atoms with Crippen molar-refractivity contribution in [2.24, 2.45) is 5.92 Å². The van der Waals surface area contributed by atoms with Crippen LogP contribution in [0, 0.1) is 5.92 Å². The van der Waals surface area contributed by atoms with E-state index in [2.05, 4.69) is 34.6 Å². The number of phosphoric acid groups is 2. The van der Waals surface area contributed by atoms with Crippen LogP contribution in [0.1, 0.15) is 304 Å².